The third kappa shape index (κ3) is 5.33. The second kappa shape index (κ2) is 9.51. The van der Waals surface area contributed by atoms with Crippen molar-refractivity contribution in [1.29, 1.82) is 0 Å². The van der Waals surface area contributed by atoms with Crippen LogP contribution in [0, 0.1) is 20.2 Å². The van der Waals surface area contributed by atoms with Crippen LogP contribution in [0.25, 0.3) is 0 Å². The Morgan fingerprint density at radius 2 is 1.09 bits per heavy atom. The summed E-state index contributed by atoms with van der Waals surface area (Å²) in [5.41, 5.74) is 0.711. The van der Waals surface area contributed by atoms with Crippen LogP contribution in [0.15, 0.2) is 48.5 Å². The van der Waals surface area contributed by atoms with Gasteiger partial charge in [0.1, 0.15) is 26.3 Å². The van der Waals surface area contributed by atoms with Crippen molar-refractivity contribution in [2.75, 3.05) is 13.1 Å². The molecule has 3 rings (SSSR count). The van der Waals surface area contributed by atoms with Gasteiger partial charge in [-0.1, -0.05) is 0 Å². The summed E-state index contributed by atoms with van der Waals surface area (Å²) >= 11 is 0. The van der Waals surface area contributed by atoms with Gasteiger partial charge in [0.25, 0.3) is 11.4 Å². The second-order valence-corrected chi connectivity index (χ2v) is 6.61. The SMILES string of the molecule is O=C1CN(C(=O)OCc2ccc([N+](=O)[O-])cc2)N(C(=O)OCc2ccc([N+](=O)[O-])cc2)C1. The maximum atomic E-state index is 12.4. The van der Waals surface area contributed by atoms with Gasteiger partial charge in [0.15, 0.2) is 5.78 Å². The van der Waals surface area contributed by atoms with E-state index in [0.717, 1.165) is 10.0 Å². The van der Waals surface area contributed by atoms with Crippen molar-refractivity contribution < 1.29 is 33.7 Å². The van der Waals surface area contributed by atoms with Gasteiger partial charge in [-0.25, -0.2) is 19.6 Å². The third-order valence-corrected chi connectivity index (χ3v) is 4.38. The van der Waals surface area contributed by atoms with E-state index in [0.29, 0.717) is 11.1 Å². The van der Waals surface area contributed by atoms with Crippen molar-refractivity contribution in [2.45, 2.75) is 13.2 Å². The number of hydrogen-bond acceptors (Lipinski definition) is 9. The lowest BCUT2D eigenvalue weighted by Crippen LogP contribution is -2.45. The predicted molar refractivity (Wildman–Crippen MR) is 105 cm³/mol. The minimum Gasteiger partial charge on any atom is -0.443 e. The van der Waals surface area contributed by atoms with E-state index in [4.69, 9.17) is 9.47 Å². The number of non-ortho nitro benzene ring substituents is 2. The minimum absolute atomic E-state index is 0.118. The molecule has 166 valence electrons. The van der Waals surface area contributed by atoms with Crippen LogP contribution < -0.4 is 0 Å². The van der Waals surface area contributed by atoms with Crippen LogP contribution in [0.1, 0.15) is 11.1 Å². The Morgan fingerprint density at radius 3 is 1.41 bits per heavy atom. The molecule has 2 aromatic carbocycles. The molecular weight excluding hydrogens is 428 g/mol. The van der Waals surface area contributed by atoms with Gasteiger partial charge in [0.2, 0.25) is 0 Å². The molecule has 0 aromatic heterocycles. The minimum atomic E-state index is -0.971. The van der Waals surface area contributed by atoms with E-state index in [1.54, 1.807) is 0 Å². The monoisotopic (exact) mass is 444 g/mol. The molecule has 0 N–H and O–H groups in total. The van der Waals surface area contributed by atoms with Gasteiger partial charge >= 0.3 is 12.2 Å². The third-order valence-electron chi connectivity index (χ3n) is 4.38. The Kier molecular flexibility index (Phi) is 6.58. The standard InChI is InChI=1S/C19H16N4O9/c24-17-9-20(18(25)31-11-13-1-5-15(6-2-13)22(27)28)21(10-17)19(26)32-12-14-3-7-16(8-4-14)23(29)30/h1-8H,9-12H2. The molecule has 13 nitrogen and oxygen atoms in total. The number of ketones is 1. The average Bonchev–Trinajstić information content (AvgIpc) is 3.18. The summed E-state index contributed by atoms with van der Waals surface area (Å²) in [6.45, 7) is -1.22. The quantitative estimate of drug-likeness (QED) is 0.481. The van der Waals surface area contributed by atoms with Gasteiger partial charge in [-0.3, -0.25) is 25.0 Å². The summed E-state index contributed by atoms with van der Waals surface area (Å²) in [7, 11) is 0. The Balaban J connectivity index is 1.56. The summed E-state index contributed by atoms with van der Waals surface area (Å²) in [5, 5.41) is 22.9. The molecule has 1 aliphatic heterocycles. The van der Waals surface area contributed by atoms with Gasteiger partial charge in [0, 0.05) is 24.3 Å². The Labute approximate surface area is 180 Å². The lowest BCUT2D eigenvalue weighted by Gasteiger charge is -2.25. The van der Waals surface area contributed by atoms with E-state index in [2.05, 4.69) is 0 Å². The number of hydrazine groups is 1. The molecule has 32 heavy (non-hydrogen) atoms. The summed E-state index contributed by atoms with van der Waals surface area (Å²) in [4.78, 5) is 56.7. The highest BCUT2D eigenvalue weighted by Crippen LogP contribution is 2.17. The first-order valence-electron chi connectivity index (χ1n) is 9.11. The lowest BCUT2D eigenvalue weighted by molar-refractivity contribution is -0.385. The Bertz CT molecular complexity index is 970. The number of benzene rings is 2. The topological polar surface area (TPSA) is 162 Å². The van der Waals surface area contributed by atoms with Gasteiger partial charge in [0.05, 0.1) is 9.85 Å². The molecule has 1 saturated heterocycles. The largest absolute Gasteiger partial charge is 0.443 e. The van der Waals surface area contributed by atoms with Crippen LogP contribution in [0.5, 0.6) is 0 Å². The van der Waals surface area contributed by atoms with E-state index in [9.17, 15) is 34.6 Å². The first kappa shape index (κ1) is 22.1. The van der Waals surface area contributed by atoms with E-state index in [1.165, 1.54) is 48.5 Å². The number of carbonyl (C=O) groups excluding carboxylic acids is 3. The van der Waals surface area contributed by atoms with Crippen molar-refractivity contribution >= 4 is 29.3 Å². The number of hydrogen-bond donors (Lipinski definition) is 0. The predicted octanol–water partition coefficient (Wildman–Crippen LogP) is 2.58. The highest BCUT2D eigenvalue weighted by Gasteiger charge is 2.37. The maximum Gasteiger partial charge on any atom is 0.429 e. The van der Waals surface area contributed by atoms with Gasteiger partial charge in [-0.15, -0.1) is 0 Å². The van der Waals surface area contributed by atoms with Gasteiger partial charge < -0.3 is 9.47 Å². The zero-order valence-electron chi connectivity index (χ0n) is 16.4. The molecule has 2 aromatic rings. The lowest BCUT2D eigenvalue weighted by atomic mass is 10.2. The van der Waals surface area contributed by atoms with Crippen LogP contribution >= 0.6 is 0 Å². The van der Waals surface area contributed by atoms with E-state index >= 15 is 0 Å². The van der Waals surface area contributed by atoms with Crippen LogP contribution in [-0.4, -0.2) is 50.9 Å². The summed E-state index contributed by atoms with van der Waals surface area (Å²) in [5.74, 6) is -0.412. The maximum absolute atomic E-state index is 12.4. The molecule has 0 atom stereocenters. The second-order valence-electron chi connectivity index (χ2n) is 6.61. The first-order valence-corrected chi connectivity index (χ1v) is 9.11. The van der Waals surface area contributed by atoms with Crippen molar-refractivity contribution in [1.82, 2.24) is 10.0 Å². The van der Waals surface area contributed by atoms with Crippen molar-refractivity contribution in [3.05, 3.63) is 79.9 Å². The van der Waals surface area contributed by atoms with Crippen LogP contribution in [-0.2, 0) is 27.5 Å². The highest BCUT2D eigenvalue weighted by molar-refractivity contribution is 5.92. The van der Waals surface area contributed by atoms with E-state index in [1.807, 2.05) is 0 Å². The molecule has 1 heterocycles. The number of rotatable bonds is 6. The van der Waals surface area contributed by atoms with Crippen LogP contribution in [0.2, 0.25) is 0 Å². The number of Topliss-reactive ketones (excluding diaryl/α,β-unsaturated/α-hetero) is 1. The number of nitro benzene ring substituents is 2. The smallest absolute Gasteiger partial charge is 0.429 e. The fourth-order valence-corrected chi connectivity index (χ4v) is 2.75. The molecule has 0 aliphatic carbocycles. The molecule has 13 heteroatoms. The zero-order valence-corrected chi connectivity index (χ0v) is 16.4. The van der Waals surface area contributed by atoms with Crippen molar-refractivity contribution in [2.24, 2.45) is 0 Å². The van der Waals surface area contributed by atoms with E-state index in [-0.39, 0.29) is 37.7 Å². The molecule has 2 amide bonds. The Morgan fingerprint density at radius 1 is 0.750 bits per heavy atom. The molecule has 0 unspecified atom stereocenters. The zero-order chi connectivity index (χ0) is 23.3. The van der Waals surface area contributed by atoms with Gasteiger partial charge in [-0.05, 0) is 35.4 Å². The van der Waals surface area contributed by atoms with Crippen molar-refractivity contribution in [3.8, 4) is 0 Å². The van der Waals surface area contributed by atoms with Crippen LogP contribution in [0.4, 0.5) is 21.0 Å². The van der Waals surface area contributed by atoms with Gasteiger partial charge in [-0.2, -0.15) is 0 Å². The number of ether oxygens (including phenoxy) is 2. The molecule has 0 radical (unpaired) electrons. The van der Waals surface area contributed by atoms with Crippen molar-refractivity contribution in [3.63, 3.8) is 0 Å². The van der Waals surface area contributed by atoms with E-state index < -0.39 is 27.8 Å². The number of amides is 2. The van der Waals surface area contributed by atoms with Crippen LogP contribution in [0.3, 0.4) is 0 Å². The number of nitro groups is 2. The highest BCUT2D eigenvalue weighted by atomic mass is 16.6. The molecule has 0 spiro atoms. The summed E-state index contributed by atoms with van der Waals surface area (Å²) in [6, 6.07) is 10.7. The summed E-state index contributed by atoms with van der Waals surface area (Å²) in [6.07, 6.45) is -1.94. The molecule has 0 bridgehead atoms. The fraction of sp³-hybridized carbons (Fsp3) is 0.211. The molecular formula is C19H16N4O9. The molecule has 1 aliphatic rings. The number of carbonyl (C=O) groups is 3. The molecule has 1 fully saturated rings. The average molecular weight is 444 g/mol. The number of nitrogens with zero attached hydrogens (tertiary/aromatic N) is 4. The Hall–Kier alpha value is -4.55. The summed E-state index contributed by atoms with van der Waals surface area (Å²) < 4.78 is 10.2. The first-order chi connectivity index (χ1) is 15.2. The fourth-order valence-electron chi connectivity index (χ4n) is 2.75. The normalized spacial score (nSPS) is 13.1. The molecule has 0 saturated carbocycles.